The Labute approximate surface area is 115 Å². The van der Waals surface area contributed by atoms with E-state index in [0.29, 0.717) is 19.5 Å². The normalized spacial score (nSPS) is 18.2. The van der Waals surface area contributed by atoms with E-state index in [0.717, 1.165) is 10.6 Å². The highest BCUT2D eigenvalue weighted by Gasteiger charge is 2.38. The number of aromatic amines is 1. The van der Waals surface area contributed by atoms with Gasteiger partial charge in [0.2, 0.25) is 5.91 Å². The number of rotatable bonds is 6. The van der Waals surface area contributed by atoms with Gasteiger partial charge in [-0.05, 0) is 12.5 Å². The first kappa shape index (κ1) is 14.0. The summed E-state index contributed by atoms with van der Waals surface area (Å²) in [6.07, 6.45) is 2.22. The number of imide groups is 1. The van der Waals surface area contributed by atoms with E-state index in [4.69, 9.17) is 0 Å². The summed E-state index contributed by atoms with van der Waals surface area (Å²) in [4.78, 5) is 36.4. The third-order valence-electron chi connectivity index (χ3n) is 2.98. The van der Waals surface area contributed by atoms with E-state index in [1.807, 2.05) is 6.92 Å². The van der Waals surface area contributed by atoms with Gasteiger partial charge in [0.05, 0.1) is 18.7 Å². The molecule has 1 aromatic rings. The van der Waals surface area contributed by atoms with Crippen molar-refractivity contribution in [1.29, 1.82) is 0 Å². The molecular weight excluding hydrogens is 262 g/mol. The van der Waals surface area contributed by atoms with Gasteiger partial charge >= 0.3 is 6.03 Å². The molecule has 2 heterocycles. The van der Waals surface area contributed by atoms with Gasteiger partial charge in [-0.2, -0.15) is 5.10 Å². The van der Waals surface area contributed by atoms with Crippen LogP contribution in [-0.4, -0.2) is 45.5 Å². The van der Waals surface area contributed by atoms with E-state index in [1.165, 1.54) is 0 Å². The Morgan fingerprint density at radius 2 is 2.30 bits per heavy atom. The van der Waals surface area contributed by atoms with Crippen molar-refractivity contribution in [2.45, 2.75) is 32.4 Å². The third kappa shape index (κ3) is 3.14. The van der Waals surface area contributed by atoms with Crippen LogP contribution in [0.15, 0.2) is 12.3 Å². The number of nitrogens with zero attached hydrogens (tertiary/aromatic N) is 2. The SMILES string of the molecule is CCCN1C(=O)NC(CC(=O)NCc2ccn[nH]2)C1=O. The Balaban J connectivity index is 1.82. The summed E-state index contributed by atoms with van der Waals surface area (Å²) in [7, 11) is 0. The number of nitrogens with one attached hydrogen (secondary N) is 3. The average Bonchev–Trinajstić information content (AvgIpc) is 3.01. The lowest BCUT2D eigenvalue weighted by molar-refractivity contribution is -0.130. The highest BCUT2D eigenvalue weighted by molar-refractivity contribution is 6.05. The number of amides is 4. The van der Waals surface area contributed by atoms with Gasteiger partial charge in [-0.25, -0.2) is 4.79 Å². The van der Waals surface area contributed by atoms with E-state index < -0.39 is 12.1 Å². The Morgan fingerprint density at radius 3 is 2.95 bits per heavy atom. The number of hydrogen-bond donors (Lipinski definition) is 3. The summed E-state index contributed by atoms with van der Waals surface area (Å²) in [6.45, 7) is 2.56. The minimum atomic E-state index is -0.768. The van der Waals surface area contributed by atoms with E-state index in [1.54, 1.807) is 12.3 Å². The fourth-order valence-electron chi connectivity index (χ4n) is 1.99. The topological polar surface area (TPSA) is 107 Å². The van der Waals surface area contributed by atoms with Crippen LogP contribution in [0.5, 0.6) is 0 Å². The van der Waals surface area contributed by atoms with Crippen molar-refractivity contribution in [3.8, 4) is 0 Å². The van der Waals surface area contributed by atoms with E-state index in [9.17, 15) is 14.4 Å². The summed E-state index contributed by atoms with van der Waals surface area (Å²) >= 11 is 0. The van der Waals surface area contributed by atoms with Crippen molar-refractivity contribution in [3.05, 3.63) is 18.0 Å². The highest BCUT2D eigenvalue weighted by atomic mass is 16.2. The molecule has 3 N–H and O–H groups in total. The zero-order valence-corrected chi connectivity index (χ0v) is 11.2. The van der Waals surface area contributed by atoms with Crippen molar-refractivity contribution in [3.63, 3.8) is 0 Å². The molecule has 1 unspecified atom stereocenters. The largest absolute Gasteiger partial charge is 0.350 e. The molecule has 1 atom stereocenters. The second-order valence-electron chi connectivity index (χ2n) is 4.55. The van der Waals surface area contributed by atoms with Crippen LogP contribution in [0.25, 0.3) is 0 Å². The van der Waals surface area contributed by atoms with Crippen molar-refractivity contribution in [2.75, 3.05) is 6.54 Å². The van der Waals surface area contributed by atoms with Crippen molar-refractivity contribution < 1.29 is 14.4 Å². The smallest absolute Gasteiger partial charge is 0.324 e. The van der Waals surface area contributed by atoms with Gasteiger partial charge in [0, 0.05) is 12.7 Å². The molecule has 8 nitrogen and oxygen atoms in total. The van der Waals surface area contributed by atoms with Crippen LogP contribution in [0.2, 0.25) is 0 Å². The maximum atomic E-state index is 11.9. The first-order chi connectivity index (χ1) is 9.61. The summed E-state index contributed by atoms with van der Waals surface area (Å²) in [6, 6.07) is 0.546. The fourth-order valence-corrected chi connectivity index (χ4v) is 1.99. The summed E-state index contributed by atoms with van der Waals surface area (Å²) < 4.78 is 0. The first-order valence-corrected chi connectivity index (χ1v) is 6.48. The predicted octanol–water partition coefficient (Wildman–Crippen LogP) is -0.254. The molecule has 1 aliphatic heterocycles. The number of carbonyl (C=O) groups is 3. The molecule has 0 bridgehead atoms. The number of aromatic nitrogens is 2. The van der Waals surface area contributed by atoms with Crippen LogP contribution in [0.1, 0.15) is 25.5 Å². The van der Waals surface area contributed by atoms with E-state index in [2.05, 4.69) is 20.8 Å². The third-order valence-corrected chi connectivity index (χ3v) is 2.98. The summed E-state index contributed by atoms with van der Waals surface area (Å²) in [5.41, 5.74) is 0.771. The molecule has 1 aromatic heterocycles. The van der Waals surface area contributed by atoms with Gasteiger partial charge in [-0.15, -0.1) is 0 Å². The molecule has 0 aliphatic carbocycles. The number of H-pyrrole nitrogens is 1. The summed E-state index contributed by atoms with van der Waals surface area (Å²) in [5.74, 6) is -0.634. The Kier molecular flexibility index (Phi) is 4.34. The molecule has 0 spiro atoms. The lowest BCUT2D eigenvalue weighted by Gasteiger charge is -2.11. The van der Waals surface area contributed by atoms with Crippen LogP contribution in [0, 0.1) is 0 Å². The maximum absolute atomic E-state index is 11.9. The molecule has 20 heavy (non-hydrogen) atoms. The van der Waals surface area contributed by atoms with Gasteiger partial charge in [-0.1, -0.05) is 6.92 Å². The van der Waals surface area contributed by atoms with Gasteiger partial charge < -0.3 is 10.6 Å². The maximum Gasteiger partial charge on any atom is 0.324 e. The van der Waals surface area contributed by atoms with E-state index in [-0.39, 0.29) is 18.2 Å². The average molecular weight is 279 g/mol. The zero-order chi connectivity index (χ0) is 14.5. The quantitative estimate of drug-likeness (QED) is 0.624. The number of carbonyl (C=O) groups excluding carboxylic acids is 3. The highest BCUT2D eigenvalue weighted by Crippen LogP contribution is 2.10. The van der Waals surface area contributed by atoms with Gasteiger partial charge in [0.15, 0.2) is 0 Å². The molecule has 0 aromatic carbocycles. The monoisotopic (exact) mass is 279 g/mol. The lowest BCUT2D eigenvalue weighted by Crippen LogP contribution is -2.36. The van der Waals surface area contributed by atoms with Crippen LogP contribution in [0.4, 0.5) is 4.79 Å². The van der Waals surface area contributed by atoms with Crippen molar-refractivity contribution >= 4 is 17.8 Å². The van der Waals surface area contributed by atoms with Crippen LogP contribution in [-0.2, 0) is 16.1 Å². The zero-order valence-electron chi connectivity index (χ0n) is 11.2. The van der Waals surface area contributed by atoms with Gasteiger partial charge in [0.25, 0.3) is 5.91 Å². The van der Waals surface area contributed by atoms with E-state index >= 15 is 0 Å². The molecule has 1 saturated heterocycles. The standard InChI is InChI=1S/C12H17N5O3/c1-2-5-17-11(19)9(15-12(17)20)6-10(18)13-7-8-3-4-14-16-8/h3-4,9H,2,5-7H2,1H3,(H,13,18)(H,14,16)(H,15,20). The lowest BCUT2D eigenvalue weighted by atomic mass is 10.2. The Hall–Kier alpha value is -2.38. The van der Waals surface area contributed by atoms with Gasteiger partial charge in [-0.3, -0.25) is 19.6 Å². The molecule has 0 saturated carbocycles. The molecular formula is C12H17N5O3. The molecule has 1 fully saturated rings. The fraction of sp³-hybridized carbons (Fsp3) is 0.500. The minimum absolute atomic E-state index is 0.0566. The molecule has 4 amide bonds. The van der Waals surface area contributed by atoms with Crippen LogP contribution >= 0.6 is 0 Å². The second-order valence-corrected chi connectivity index (χ2v) is 4.55. The predicted molar refractivity (Wildman–Crippen MR) is 69.4 cm³/mol. The molecule has 2 rings (SSSR count). The van der Waals surface area contributed by atoms with Crippen molar-refractivity contribution in [2.24, 2.45) is 0 Å². The Bertz CT molecular complexity index is 499. The van der Waals surface area contributed by atoms with Gasteiger partial charge in [0.1, 0.15) is 6.04 Å². The summed E-state index contributed by atoms with van der Waals surface area (Å²) in [5, 5.41) is 11.7. The molecule has 1 aliphatic rings. The molecule has 0 radical (unpaired) electrons. The first-order valence-electron chi connectivity index (χ1n) is 6.48. The Morgan fingerprint density at radius 1 is 1.50 bits per heavy atom. The van der Waals surface area contributed by atoms with Crippen LogP contribution in [0.3, 0.4) is 0 Å². The number of urea groups is 1. The molecule has 108 valence electrons. The van der Waals surface area contributed by atoms with Crippen molar-refractivity contribution in [1.82, 2.24) is 25.7 Å². The molecule has 8 heteroatoms. The second kappa shape index (κ2) is 6.18. The number of hydrogen-bond acceptors (Lipinski definition) is 4. The minimum Gasteiger partial charge on any atom is -0.350 e. The van der Waals surface area contributed by atoms with Crippen LogP contribution < -0.4 is 10.6 Å².